The van der Waals surface area contributed by atoms with Gasteiger partial charge in [0.2, 0.25) is 0 Å². The molecule has 2 aliphatic rings. The van der Waals surface area contributed by atoms with E-state index >= 15 is 4.39 Å². The summed E-state index contributed by atoms with van der Waals surface area (Å²) in [7, 11) is 0. The van der Waals surface area contributed by atoms with E-state index in [0.717, 1.165) is 61.1 Å². The predicted molar refractivity (Wildman–Crippen MR) is 189 cm³/mol. The molecule has 9 heteroatoms. The summed E-state index contributed by atoms with van der Waals surface area (Å²) in [5.41, 5.74) is 4.03. The Kier molecular flexibility index (Phi) is 11.2. The van der Waals surface area contributed by atoms with E-state index in [4.69, 9.17) is 18.9 Å². The molecule has 0 radical (unpaired) electrons. The van der Waals surface area contributed by atoms with Crippen molar-refractivity contribution in [2.45, 2.75) is 116 Å². The van der Waals surface area contributed by atoms with Crippen LogP contribution in [0.1, 0.15) is 109 Å². The molecule has 1 heterocycles. The average molecular weight is 675 g/mol. The summed E-state index contributed by atoms with van der Waals surface area (Å²) in [5.74, 6) is -0.103. The second kappa shape index (κ2) is 15.2. The average Bonchev–Trinajstić information content (AvgIpc) is 3.53. The molecule has 1 aliphatic heterocycles. The maximum absolute atomic E-state index is 16.4. The van der Waals surface area contributed by atoms with Crippen LogP contribution in [0.2, 0.25) is 0 Å². The molecule has 264 valence electrons. The van der Waals surface area contributed by atoms with Crippen molar-refractivity contribution in [3.05, 3.63) is 82.7 Å². The van der Waals surface area contributed by atoms with Crippen molar-refractivity contribution < 1.29 is 32.9 Å². The van der Waals surface area contributed by atoms with Crippen molar-refractivity contribution in [1.82, 2.24) is 5.32 Å². The van der Waals surface area contributed by atoms with Crippen molar-refractivity contribution in [1.29, 1.82) is 0 Å². The van der Waals surface area contributed by atoms with E-state index in [2.05, 4.69) is 10.6 Å². The Morgan fingerprint density at radius 1 is 0.959 bits per heavy atom. The Morgan fingerprint density at radius 2 is 1.71 bits per heavy atom. The lowest BCUT2D eigenvalue weighted by molar-refractivity contribution is -0.153. The van der Waals surface area contributed by atoms with Crippen LogP contribution in [0.25, 0.3) is 11.1 Å². The quantitative estimate of drug-likeness (QED) is 0.207. The smallest absolute Gasteiger partial charge is 0.408 e. The first-order valence-electron chi connectivity index (χ1n) is 17.4. The second-order valence-corrected chi connectivity index (χ2v) is 15.1. The number of hydrogen-bond acceptors (Lipinski definition) is 7. The second-order valence-electron chi connectivity index (χ2n) is 15.1. The van der Waals surface area contributed by atoms with E-state index in [9.17, 15) is 9.59 Å². The van der Waals surface area contributed by atoms with Crippen LogP contribution in [0.4, 0.5) is 14.9 Å². The maximum Gasteiger partial charge on any atom is 0.408 e. The lowest BCUT2D eigenvalue weighted by Gasteiger charge is -2.30. The van der Waals surface area contributed by atoms with E-state index in [1.54, 1.807) is 45.9 Å². The highest BCUT2D eigenvalue weighted by atomic mass is 19.1. The first-order chi connectivity index (χ1) is 23.2. The number of para-hydroxylation sites is 1. The molecule has 5 rings (SSSR count). The summed E-state index contributed by atoms with van der Waals surface area (Å²) < 4.78 is 40.1. The van der Waals surface area contributed by atoms with Crippen molar-refractivity contribution in [2.24, 2.45) is 0 Å². The Labute approximate surface area is 290 Å². The molecule has 8 nitrogen and oxygen atoms in total. The van der Waals surface area contributed by atoms with Crippen molar-refractivity contribution in [2.75, 3.05) is 18.5 Å². The SMILES string of the molecule is CC(NC(=O)OC(C)(C)C)c1cccc(-c2cc(NCC3CCCO3)c3c(c2)C(Oc2ccccc2CC(=O)OC(C)(C)C)CCC3)c1F. The highest BCUT2D eigenvalue weighted by molar-refractivity contribution is 5.75. The van der Waals surface area contributed by atoms with E-state index in [1.165, 1.54) is 0 Å². The van der Waals surface area contributed by atoms with Crippen LogP contribution in [0.3, 0.4) is 0 Å². The third-order valence-corrected chi connectivity index (χ3v) is 8.60. The highest BCUT2D eigenvalue weighted by Crippen LogP contribution is 2.42. The van der Waals surface area contributed by atoms with Crippen LogP contribution in [0.15, 0.2) is 54.6 Å². The number of benzene rings is 3. The number of hydrogen-bond donors (Lipinski definition) is 2. The van der Waals surface area contributed by atoms with Gasteiger partial charge in [0, 0.05) is 35.5 Å². The zero-order chi connectivity index (χ0) is 35.3. The minimum absolute atomic E-state index is 0.0920. The number of fused-ring (bicyclic) bond motifs is 1. The topological polar surface area (TPSA) is 95.1 Å². The molecule has 1 aliphatic carbocycles. The molecule has 1 saturated heterocycles. The number of halogens is 1. The third kappa shape index (κ3) is 9.75. The lowest BCUT2D eigenvalue weighted by Crippen LogP contribution is -2.34. The normalized spacial score (nSPS) is 18.3. The van der Waals surface area contributed by atoms with Gasteiger partial charge in [0.25, 0.3) is 0 Å². The first-order valence-corrected chi connectivity index (χ1v) is 17.4. The molecule has 3 unspecified atom stereocenters. The largest absolute Gasteiger partial charge is 0.485 e. The zero-order valence-electron chi connectivity index (χ0n) is 29.9. The van der Waals surface area contributed by atoms with Gasteiger partial charge in [0.15, 0.2) is 0 Å². The fourth-order valence-corrected chi connectivity index (χ4v) is 6.47. The van der Waals surface area contributed by atoms with Crippen LogP contribution in [0, 0.1) is 5.82 Å². The van der Waals surface area contributed by atoms with Gasteiger partial charge in [-0.1, -0.05) is 36.4 Å². The number of carbonyl (C=O) groups excluding carboxylic acids is 2. The van der Waals surface area contributed by atoms with Crippen LogP contribution in [-0.4, -0.2) is 42.5 Å². The maximum atomic E-state index is 16.4. The van der Waals surface area contributed by atoms with Crippen LogP contribution in [-0.2, 0) is 31.8 Å². The molecule has 0 saturated carbocycles. The Morgan fingerprint density at radius 3 is 2.43 bits per heavy atom. The number of alkyl carbamates (subject to hydrolysis) is 1. The standard InChI is InChI=1S/C40H51FN2O6/c1-25(43-38(45)49-40(5,6)7)29-15-10-16-30(37(29)41)27-21-32-31(33(22-27)42-24-28-14-12-20-46-28)17-11-19-35(32)47-34-18-9-8-13-26(34)23-36(44)48-39(2,3)4/h8-10,13,15-16,18,21-22,25,28,35,42H,11-12,14,17,19-20,23-24H2,1-7H3,(H,43,45). The molecular formula is C40H51FN2O6. The number of ether oxygens (including phenoxy) is 4. The number of amides is 1. The van der Waals surface area contributed by atoms with Crippen LogP contribution < -0.4 is 15.4 Å². The molecule has 0 aromatic heterocycles. The first kappa shape index (κ1) is 36.2. The van der Waals surface area contributed by atoms with Gasteiger partial charge in [-0.05, 0) is 115 Å². The monoisotopic (exact) mass is 674 g/mol. The van der Waals surface area contributed by atoms with Gasteiger partial charge >= 0.3 is 12.1 Å². The minimum Gasteiger partial charge on any atom is -0.485 e. The number of nitrogens with one attached hydrogen (secondary N) is 2. The Bertz CT molecular complexity index is 1640. The fourth-order valence-electron chi connectivity index (χ4n) is 6.47. The van der Waals surface area contributed by atoms with Crippen molar-refractivity contribution in [3.63, 3.8) is 0 Å². The van der Waals surface area contributed by atoms with Gasteiger partial charge in [0.1, 0.15) is 28.9 Å². The molecule has 49 heavy (non-hydrogen) atoms. The molecule has 1 amide bonds. The molecule has 0 spiro atoms. The molecule has 3 aromatic rings. The van der Waals surface area contributed by atoms with Crippen LogP contribution >= 0.6 is 0 Å². The summed E-state index contributed by atoms with van der Waals surface area (Å²) in [6.07, 6.45) is 3.85. The summed E-state index contributed by atoms with van der Waals surface area (Å²) in [6.45, 7) is 14.1. The van der Waals surface area contributed by atoms with Crippen molar-refractivity contribution in [3.8, 4) is 16.9 Å². The molecule has 3 atom stereocenters. The third-order valence-electron chi connectivity index (χ3n) is 8.60. The number of esters is 1. The van der Waals surface area contributed by atoms with E-state index in [-0.39, 0.29) is 24.6 Å². The summed E-state index contributed by atoms with van der Waals surface area (Å²) in [4.78, 5) is 25.3. The van der Waals surface area contributed by atoms with E-state index in [1.807, 2.05) is 57.2 Å². The summed E-state index contributed by atoms with van der Waals surface area (Å²) in [6, 6.07) is 16.2. The fraction of sp³-hybridized carbons (Fsp3) is 0.500. The van der Waals surface area contributed by atoms with Gasteiger partial charge in [0.05, 0.1) is 18.6 Å². The van der Waals surface area contributed by atoms with Crippen molar-refractivity contribution >= 4 is 17.7 Å². The van der Waals surface area contributed by atoms with Crippen LogP contribution in [0.5, 0.6) is 5.75 Å². The zero-order valence-corrected chi connectivity index (χ0v) is 29.9. The van der Waals surface area contributed by atoms with Gasteiger partial charge < -0.3 is 29.6 Å². The number of carbonyl (C=O) groups is 2. The predicted octanol–water partition coefficient (Wildman–Crippen LogP) is 9.01. The minimum atomic E-state index is -0.672. The molecule has 2 N–H and O–H groups in total. The van der Waals surface area contributed by atoms with Gasteiger partial charge in [-0.25, -0.2) is 9.18 Å². The summed E-state index contributed by atoms with van der Waals surface area (Å²) in [5, 5.41) is 6.41. The lowest BCUT2D eigenvalue weighted by atomic mass is 9.85. The van der Waals surface area contributed by atoms with E-state index < -0.39 is 29.2 Å². The van der Waals surface area contributed by atoms with Gasteiger partial charge in [-0.15, -0.1) is 0 Å². The number of rotatable bonds is 10. The van der Waals surface area contributed by atoms with Gasteiger partial charge in [-0.3, -0.25) is 4.79 Å². The Balaban J connectivity index is 1.49. The molecule has 1 fully saturated rings. The number of anilines is 1. The molecule has 3 aromatic carbocycles. The Hall–Kier alpha value is -4.11. The molecular weight excluding hydrogens is 623 g/mol. The van der Waals surface area contributed by atoms with E-state index in [0.29, 0.717) is 29.0 Å². The molecule has 0 bridgehead atoms. The highest BCUT2D eigenvalue weighted by Gasteiger charge is 2.29. The summed E-state index contributed by atoms with van der Waals surface area (Å²) >= 11 is 0. The van der Waals surface area contributed by atoms with Gasteiger partial charge in [-0.2, -0.15) is 0 Å².